The minimum absolute atomic E-state index is 0.0555. The summed E-state index contributed by atoms with van der Waals surface area (Å²) in [6.45, 7) is 5.67. The van der Waals surface area contributed by atoms with E-state index in [4.69, 9.17) is 4.74 Å². The third-order valence-corrected chi connectivity index (χ3v) is 2.89. The first-order valence-electron chi connectivity index (χ1n) is 6.30. The number of hydrogen-bond acceptors (Lipinski definition) is 2. The number of rotatable bonds is 2. The van der Waals surface area contributed by atoms with Crippen molar-refractivity contribution < 1.29 is 22.7 Å². The van der Waals surface area contributed by atoms with Gasteiger partial charge in [0.05, 0.1) is 6.04 Å². The van der Waals surface area contributed by atoms with E-state index in [1.54, 1.807) is 20.8 Å². The van der Waals surface area contributed by atoms with Crippen molar-refractivity contribution in [2.75, 3.05) is 6.54 Å². The number of nitrogens with zero attached hydrogens (tertiary/aromatic N) is 1. The van der Waals surface area contributed by atoms with Crippen LogP contribution in [0, 0.1) is 17.5 Å². The van der Waals surface area contributed by atoms with E-state index in [0.29, 0.717) is 12.6 Å². The maximum absolute atomic E-state index is 13.5. The van der Waals surface area contributed by atoms with E-state index >= 15 is 0 Å². The normalized spacial score (nSPS) is 18.1. The van der Waals surface area contributed by atoms with E-state index in [0.717, 1.165) is 6.07 Å². The molecule has 0 N–H and O–H groups in total. The van der Waals surface area contributed by atoms with Gasteiger partial charge in [-0.2, -0.15) is 0 Å². The van der Waals surface area contributed by atoms with Crippen molar-refractivity contribution in [1.29, 1.82) is 0 Å². The van der Waals surface area contributed by atoms with Crippen LogP contribution >= 0.6 is 0 Å². The second-order valence-electron chi connectivity index (χ2n) is 5.85. The number of amides is 1. The molecule has 1 heterocycles. The minimum atomic E-state index is -1.22. The van der Waals surface area contributed by atoms with Crippen LogP contribution in [0.3, 0.4) is 0 Å². The Morgan fingerprint density at radius 1 is 1.25 bits per heavy atom. The van der Waals surface area contributed by atoms with Crippen molar-refractivity contribution in [2.24, 2.45) is 0 Å². The number of benzene rings is 1. The maximum atomic E-state index is 13.5. The van der Waals surface area contributed by atoms with Gasteiger partial charge in [0.1, 0.15) is 11.4 Å². The lowest BCUT2D eigenvalue weighted by Crippen LogP contribution is -2.28. The molecule has 3 nitrogen and oxygen atoms in total. The van der Waals surface area contributed by atoms with E-state index in [9.17, 15) is 18.0 Å². The highest BCUT2D eigenvalue weighted by molar-refractivity contribution is 5.71. The Kier molecular flexibility index (Phi) is 3.67. The predicted molar refractivity (Wildman–Crippen MR) is 66.7 cm³/mol. The molecule has 1 aliphatic heterocycles. The summed E-state index contributed by atoms with van der Waals surface area (Å²) < 4.78 is 44.5. The minimum Gasteiger partial charge on any atom is -0.444 e. The van der Waals surface area contributed by atoms with Crippen LogP contribution in [-0.4, -0.2) is 29.2 Å². The Balaban J connectivity index is 1.97. The summed E-state index contributed by atoms with van der Waals surface area (Å²) >= 11 is 0. The second-order valence-corrected chi connectivity index (χ2v) is 5.85. The molecule has 0 spiro atoms. The molecule has 0 aromatic heterocycles. The highest BCUT2D eigenvalue weighted by atomic mass is 19.2. The van der Waals surface area contributed by atoms with E-state index in [1.807, 2.05) is 0 Å². The molecule has 1 aliphatic rings. The Morgan fingerprint density at radius 3 is 2.45 bits per heavy atom. The number of ether oxygens (including phenoxy) is 1. The fourth-order valence-electron chi connectivity index (χ4n) is 1.87. The fourth-order valence-corrected chi connectivity index (χ4v) is 1.87. The van der Waals surface area contributed by atoms with Crippen molar-refractivity contribution in [3.05, 3.63) is 35.1 Å². The Morgan fingerprint density at radius 2 is 1.85 bits per heavy atom. The van der Waals surface area contributed by atoms with Gasteiger partial charge in [0.15, 0.2) is 11.6 Å². The van der Waals surface area contributed by atoms with E-state index in [-0.39, 0.29) is 18.0 Å². The monoisotopic (exact) mass is 287 g/mol. The molecule has 0 bridgehead atoms. The fraction of sp³-hybridized carbons (Fsp3) is 0.500. The zero-order valence-corrected chi connectivity index (χ0v) is 11.5. The average Bonchev–Trinajstić information content (AvgIpc) is 3.03. The van der Waals surface area contributed by atoms with Crippen LogP contribution < -0.4 is 0 Å². The zero-order chi connectivity index (χ0) is 15.1. The predicted octanol–water partition coefficient (Wildman–Crippen LogP) is 3.27. The first-order valence-corrected chi connectivity index (χ1v) is 6.30. The molecule has 1 fully saturated rings. The number of carbonyl (C=O) groups is 1. The van der Waals surface area contributed by atoms with Gasteiger partial charge in [0.25, 0.3) is 0 Å². The lowest BCUT2D eigenvalue weighted by Gasteiger charge is -2.20. The van der Waals surface area contributed by atoms with E-state index < -0.39 is 29.1 Å². The topological polar surface area (TPSA) is 29.3 Å². The van der Waals surface area contributed by atoms with Gasteiger partial charge in [-0.25, -0.2) is 18.0 Å². The summed E-state index contributed by atoms with van der Waals surface area (Å²) in [5.74, 6) is -3.11. The van der Waals surface area contributed by atoms with Crippen LogP contribution in [0.25, 0.3) is 0 Å². The van der Waals surface area contributed by atoms with Gasteiger partial charge in [-0.15, -0.1) is 0 Å². The molecule has 6 heteroatoms. The third-order valence-electron chi connectivity index (χ3n) is 2.89. The molecule has 1 aromatic carbocycles. The molecule has 0 unspecified atom stereocenters. The molecule has 0 radical (unpaired) electrons. The maximum Gasteiger partial charge on any atom is 0.410 e. The number of halogens is 3. The van der Waals surface area contributed by atoms with Crippen molar-refractivity contribution in [2.45, 2.75) is 38.8 Å². The summed E-state index contributed by atoms with van der Waals surface area (Å²) in [6, 6.07) is 1.12. The van der Waals surface area contributed by atoms with Gasteiger partial charge in [-0.05, 0) is 38.8 Å². The summed E-state index contributed by atoms with van der Waals surface area (Å²) in [5.41, 5.74) is -0.544. The van der Waals surface area contributed by atoms with E-state index in [2.05, 4.69) is 0 Å². The van der Waals surface area contributed by atoms with Gasteiger partial charge in [0.2, 0.25) is 0 Å². The average molecular weight is 287 g/mol. The molecular formula is C14H16F3NO2. The van der Waals surface area contributed by atoms with Crippen molar-refractivity contribution in [1.82, 2.24) is 4.90 Å². The molecule has 1 amide bonds. The summed E-state index contributed by atoms with van der Waals surface area (Å²) in [5, 5.41) is 0. The van der Waals surface area contributed by atoms with Crippen molar-refractivity contribution in [3.8, 4) is 0 Å². The van der Waals surface area contributed by atoms with Gasteiger partial charge in [0, 0.05) is 12.6 Å². The number of hydrogen-bond donors (Lipinski definition) is 0. The summed E-state index contributed by atoms with van der Waals surface area (Å²) in [7, 11) is 0. The van der Waals surface area contributed by atoms with Gasteiger partial charge in [-0.1, -0.05) is 0 Å². The zero-order valence-electron chi connectivity index (χ0n) is 11.5. The van der Waals surface area contributed by atoms with Crippen LogP contribution in [0.5, 0.6) is 0 Å². The number of carbonyl (C=O) groups excluding carboxylic acids is 1. The largest absolute Gasteiger partial charge is 0.444 e. The van der Waals surface area contributed by atoms with Crippen molar-refractivity contribution in [3.63, 3.8) is 0 Å². The molecule has 20 heavy (non-hydrogen) atoms. The molecule has 0 aliphatic carbocycles. The smallest absolute Gasteiger partial charge is 0.410 e. The highest BCUT2D eigenvalue weighted by Gasteiger charge is 2.41. The van der Waals surface area contributed by atoms with Crippen LogP contribution in [0.1, 0.15) is 26.3 Å². The summed E-state index contributed by atoms with van der Waals surface area (Å²) in [6.07, 6.45) is -0.340. The van der Waals surface area contributed by atoms with Gasteiger partial charge >= 0.3 is 6.09 Å². The van der Waals surface area contributed by atoms with Gasteiger partial charge in [-0.3, -0.25) is 0 Å². The Hall–Kier alpha value is -1.72. The first-order chi connectivity index (χ1) is 9.17. The molecule has 1 aromatic rings. The Labute approximate surface area is 115 Å². The highest BCUT2D eigenvalue weighted by Crippen LogP contribution is 2.26. The van der Waals surface area contributed by atoms with E-state index in [1.165, 1.54) is 4.90 Å². The lowest BCUT2D eigenvalue weighted by molar-refractivity contribution is 0.0407. The third kappa shape index (κ3) is 3.43. The Bertz CT molecular complexity index is 540. The quantitative estimate of drug-likeness (QED) is 0.617. The first kappa shape index (κ1) is 14.7. The van der Waals surface area contributed by atoms with Crippen molar-refractivity contribution >= 4 is 6.09 Å². The van der Waals surface area contributed by atoms with Crippen LogP contribution in [0.4, 0.5) is 18.0 Å². The van der Waals surface area contributed by atoms with Crippen LogP contribution in [-0.2, 0) is 11.2 Å². The molecule has 110 valence electrons. The second kappa shape index (κ2) is 5.00. The van der Waals surface area contributed by atoms with Crippen LogP contribution in [0.15, 0.2) is 12.1 Å². The molecule has 0 saturated carbocycles. The molecule has 1 atom stereocenters. The molecular weight excluding hydrogens is 271 g/mol. The standard InChI is InChI=1S/C14H16F3NO2/c1-14(2,3)20-13(19)18-7-9(18)4-8-5-11(16)12(17)6-10(8)15/h5-6,9H,4,7H2,1-3H3/t9-,18?/m1/s1. The summed E-state index contributed by atoms with van der Waals surface area (Å²) in [4.78, 5) is 13.1. The SMILES string of the molecule is CC(C)(C)OC(=O)N1C[C@H]1Cc1cc(F)c(F)cc1F. The lowest BCUT2D eigenvalue weighted by atomic mass is 10.1. The molecule has 1 saturated heterocycles. The molecule has 2 rings (SSSR count). The van der Waals surface area contributed by atoms with Crippen LogP contribution in [0.2, 0.25) is 0 Å². The van der Waals surface area contributed by atoms with Gasteiger partial charge < -0.3 is 9.64 Å².